The van der Waals surface area contributed by atoms with Crippen molar-refractivity contribution < 1.29 is 39.5 Å². The number of carbonyl (C=O) groups is 3. The number of nitrogens with zero attached hydrogens (tertiary/aromatic N) is 1. The number of phenols is 2. The zero-order valence-corrected chi connectivity index (χ0v) is 20.3. The van der Waals surface area contributed by atoms with Crippen molar-refractivity contribution in [2.24, 2.45) is 0 Å². The van der Waals surface area contributed by atoms with Crippen LogP contribution in [0.3, 0.4) is 0 Å². The van der Waals surface area contributed by atoms with Crippen molar-refractivity contribution in [3.63, 3.8) is 0 Å². The monoisotopic (exact) mass is 493 g/mol. The molecule has 0 atom stereocenters. The molecule has 3 rings (SSSR count). The lowest BCUT2D eigenvalue weighted by atomic mass is 9.93. The number of hydrogen-bond acceptors (Lipinski definition) is 6. The van der Waals surface area contributed by atoms with Gasteiger partial charge in [-0.05, 0) is 78.9 Å². The Morgan fingerprint density at radius 3 is 1.75 bits per heavy atom. The number of rotatable bonds is 6. The van der Waals surface area contributed by atoms with Crippen molar-refractivity contribution in [3.8, 4) is 33.8 Å². The lowest BCUT2D eigenvalue weighted by Gasteiger charge is -2.25. The third-order valence-corrected chi connectivity index (χ3v) is 5.32. The molecule has 0 heterocycles. The Balaban J connectivity index is 2.09. The van der Waals surface area contributed by atoms with Crippen LogP contribution in [0.4, 0.5) is 4.79 Å². The van der Waals surface area contributed by atoms with Crippen molar-refractivity contribution in [3.05, 3.63) is 71.3 Å². The molecule has 0 radical (unpaired) electrons. The summed E-state index contributed by atoms with van der Waals surface area (Å²) in [5, 5.41) is 38.7. The summed E-state index contributed by atoms with van der Waals surface area (Å²) in [6.07, 6.45) is -0.550. The summed E-state index contributed by atoms with van der Waals surface area (Å²) in [4.78, 5) is 36.5. The van der Waals surface area contributed by atoms with E-state index >= 15 is 0 Å². The number of carboxylic acids is 2. The summed E-state index contributed by atoms with van der Waals surface area (Å²) in [6, 6.07) is 13.6. The van der Waals surface area contributed by atoms with E-state index < -0.39 is 29.4 Å². The van der Waals surface area contributed by atoms with Crippen LogP contribution < -0.4 is 0 Å². The average Bonchev–Trinajstić information content (AvgIpc) is 2.77. The molecule has 9 heteroatoms. The number of hydrogen-bond donors (Lipinski definition) is 4. The largest absolute Gasteiger partial charge is 0.507 e. The minimum atomic E-state index is -1.26. The van der Waals surface area contributed by atoms with Crippen LogP contribution in [0.25, 0.3) is 22.3 Å². The first kappa shape index (κ1) is 26.1. The molecule has 3 aromatic carbocycles. The molecule has 3 aromatic rings. The van der Waals surface area contributed by atoms with Crippen LogP contribution in [0.5, 0.6) is 11.5 Å². The zero-order valence-electron chi connectivity index (χ0n) is 20.3. The van der Waals surface area contributed by atoms with Gasteiger partial charge in [-0.1, -0.05) is 24.3 Å². The second-order valence-corrected chi connectivity index (χ2v) is 9.28. The lowest BCUT2D eigenvalue weighted by Crippen LogP contribution is -2.33. The molecule has 0 bridgehead atoms. The molecule has 0 aliphatic carbocycles. The molecule has 1 amide bonds. The van der Waals surface area contributed by atoms with Gasteiger partial charge in [-0.25, -0.2) is 14.4 Å². The topological polar surface area (TPSA) is 145 Å². The van der Waals surface area contributed by atoms with E-state index in [-0.39, 0.29) is 23.4 Å². The number of amides is 1. The predicted molar refractivity (Wildman–Crippen MR) is 132 cm³/mol. The van der Waals surface area contributed by atoms with Crippen LogP contribution in [-0.2, 0) is 11.3 Å². The molecule has 0 saturated carbocycles. The molecular formula is C27H27NO8. The van der Waals surface area contributed by atoms with Crippen LogP contribution in [0.1, 0.15) is 47.1 Å². The maximum Gasteiger partial charge on any atom is 0.410 e. The number of carbonyl (C=O) groups excluding carboxylic acids is 1. The first-order valence-corrected chi connectivity index (χ1v) is 11.0. The predicted octanol–water partition coefficient (Wildman–Crippen LogP) is 5.20. The first-order valence-electron chi connectivity index (χ1n) is 11.0. The van der Waals surface area contributed by atoms with Gasteiger partial charge in [-0.3, -0.25) is 0 Å². The van der Waals surface area contributed by atoms with Gasteiger partial charge in [0.1, 0.15) is 28.2 Å². The van der Waals surface area contributed by atoms with Gasteiger partial charge in [0.05, 0.1) is 0 Å². The highest BCUT2D eigenvalue weighted by Crippen LogP contribution is 2.34. The van der Waals surface area contributed by atoms with Gasteiger partial charge in [0.15, 0.2) is 0 Å². The van der Waals surface area contributed by atoms with Gasteiger partial charge >= 0.3 is 18.0 Å². The maximum atomic E-state index is 12.6. The number of benzene rings is 3. The normalized spacial score (nSPS) is 11.1. The highest BCUT2D eigenvalue weighted by molar-refractivity contribution is 5.93. The van der Waals surface area contributed by atoms with Gasteiger partial charge in [0.25, 0.3) is 0 Å². The SMILES string of the molecule is CN(Cc1cc(-c2ccc(C(=O)O)c(O)c2)ccc1-c1ccc(C(=O)O)c(O)c1)C(=O)OC(C)(C)C. The van der Waals surface area contributed by atoms with Gasteiger partial charge in [0, 0.05) is 13.6 Å². The van der Waals surface area contributed by atoms with E-state index in [9.17, 15) is 34.8 Å². The van der Waals surface area contributed by atoms with Crippen molar-refractivity contribution in [1.82, 2.24) is 4.90 Å². The number of aromatic hydroxyl groups is 2. The molecule has 36 heavy (non-hydrogen) atoms. The Morgan fingerprint density at radius 1 is 0.778 bits per heavy atom. The molecule has 0 saturated heterocycles. The molecule has 9 nitrogen and oxygen atoms in total. The molecule has 0 aliphatic rings. The van der Waals surface area contributed by atoms with E-state index in [0.717, 1.165) is 0 Å². The van der Waals surface area contributed by atoms with E-state index in [4.69, 9.17) is 4.74 Å². The molecule has 4 N–H and O–H groups in total. The zero-order chi connectivity index (χ0) is 26.8. The van der Waals surface area contributed by atoms with E-state index in [1.54, 1.807) is 58.2 Å². The second kappa shape index (κ2) is 9.99. The smallest absolute Gasteiger partial charge is 0.410 e. The van der Waals surface area contributed by atoms with E-state index in [2.05, 4.69) is 0 Å². The van der Waals surface area contributed by atoms with Crippen LogP contribution in [0, 0.1) is 0 Å². The molecule has 0 unspecified atom stereocenters. The Hall–Kier alpha value is -4.53. The molecule has 0 spiro atoms. The fraction of sp³-hybridized carbons (Fsp3) is 0.222. The third kappa shape index (κ3) is 5.93. The Morgan fingerprint density at radius 2 is 1.25 bits per heavy atom. The molecule has 188 valence electrons. The van der Waals surface area contributed by atoms with Crippen molar-refractivity contribution in [1.29, 1.82) is 0 Å². The minimum Gasteiger partial charge on any atom is -0.507 e. The highest BCUT2D eigenvalue weighted by Gasteiger charge is 2.21. The van der Waals surface area contributed by atoms with Crippen LogP contribution in [0.2, 0.25) is 0 Å². The fourth-order valence-electron chi connectivity index (χ4n) is 3.62. The Labute approximate surface area is 207 Å². The second-order valence-electron chi connectivity index (χ2n) is 9.28. The van der Waals surface area contributed by atoms with E-state index in [1.165, 1.54) is 29.2 Å². The van der Waals surface area contributed by atoms with Gasteiger partial charge in [-0.2, -0.15) is 0 Å². The van der Waals surface area contributed by atoms with Gasteiger partial charge < -0.3 is 30.1 Å². The summed E-state index contributed by atoms with van der Waals surface area (Å²) >= 11 is 0. The van der Waals surface area contributed by atoms with Gasteiger partial charge in [-0.15, -0.1) is 0 Å². The molecule has 0 fully saturated rings. The number of ether oxygens (including phenoxy) is 1. The van der Waals surface area contributed by atoms with Crippen molar-refractivity contribution >= 4 is 18.0 Å². The molecule has 0 aromatic heterocycles. The Bertz CT molecular complexity index is 1340. The minimum absolute atomic E-state index is 0.110. The molecule has 0 aliphatic heterocycles. The average molecular weight is 494 g/mol. The summed E-state index contributed by atoms with van der Waals surface area (Å²) in [7, 11) is 1.57. The van der Waals surface area contributed by atoms with Gasteiger partial charge in [0.2, 0.25) is 0 Å². The standard InChI is InChI=1S/C27H27NO8/c1-27(2,3)36-26(35)28(4)14-18-11-15(16-6-9-20(24(31)32)22(29)12-16)5-8-19(18)17-7-10-21(25(33)34)23(30)13-17/h5-13,29-30H,14H2,1-4H3,(H,31,32)(H,33,34). The number of carboxylic acid groups (broad SMARTS) is 2. The van der Waals surface area contributed by atoms with E-state index in [0.29, 0.717) is 27.8 Å². The Kier molecular flexibility index (Phi) is 7.24. The van der Waals surface area contributed by atoms with Crippen LogP contribution in [0.15, 0.2) is 54.6 Å². The first-order chi connectivity index (χ1) is 16.8. The number of aromatic carboxylic acids is 2. The maximum absolute atomic E-state index is 12.6. The third-order valence-electron chi connectivity index (χ3n) is 5.32. The summed E-state index contributed by atoms with van der Waals surface area (Å²) < 4.78 is 5.44. The van der Waals surface area contributed by atoms with Crippen molar-refractivity contribution in [2.75, 3.05) is 7.05 Å². The fourth-order valence-corrected chi connectivity index (χ4v) is 3.62. The quantitative estimate of drug-likeness (QED) is 0.367. The highest BCUT2D eigenvalue weighted by atomic mass is 16.6. The lowest BCUT2D eigenvalue weighted by molar-refractivity contribution is 0.0285. The molecular weight excluding hydrogens is 466 g/mol. The summed E-state index contributed by atoms with van der Waals surface area (Å²) in [5.41, 5.74) is 1.83. The van der Waals surface area contributed by atoms with E-state index in [1.807, 2.05) is 0 Å². The van der Waals surface area contributed by atoms with Crippen molar-refractivity contribution in [2.45, 2.75) is 32.9 Å². The summed E-state index contributed by atoms with van der Waals surface area (Å²) in [6.45, 7) is 5.37. The van der Waals surface area contributed by atoms with Crippen LogP contribution in [-0.4, -0.2) is 56.0 Å². The summed E-state index contributed by atoms with van der Waals surface area (Å²) in [5.74, 6) is -3.29. The van der Waals surface area contributed by atoms with Crippen LogP contribution >= 0.6 is 0 Å².